The van der Waals surface area contributed by atoms with E-state index in [-0.39, 0.29) is 69.4 Å². The summed E-state index contributed by atoms with van der Waals surface area (Å²) in [5.74, 6) is 0.346. The Hall–Kier alpha value is -1.83. The number of carbonyl (C=O) groups excluding carboxylic acids is 4. The molecule has 1 radical (unpaired) electrons. The fraction of sp³-hybridized carbons (Fsp3) is 0.100. The van der Waals surface area contributed by atoms with Crippen LogP contribution in [0.15, 0.2) is 60.7 Å². The molecule has 0 spiro atoms. The Kier molecular flexibility index (Phi) is 14.6. The number of hydrogen-bond donors (Lipinski definition) is 0. The normalized spacial score (nSPS) is 8.38. The first-order chi connectivity index (χ1) is 11.4. The van der Waals surface area contributed by atoms with E-state index in [1.165, 1.54) is 26.7 Å². The summed E-state index contributed by atoms with van der Waals surface area (Å²) in [6, 6.07) is 18.1. The molecule has 0 unspecified atom stereocenters. The molecule has 0 fully saturated rings. The maximum Gasteiger partial charge on any atom is 3.00 e. The van der Waals surface area contributed by atoms with Gasteiger partial charge in [-0.25, -0.2) is 9.59 Å². The van der Waals surface area contributed by atoms with E-state index < -0.39 is 0 Å². The third-order valence-electron chi connectivity index (χ3n) is 2.83. The van der Waals surface area contributed by atoms with Crippen molar-refractivity contribution in [2.45, 2.75) is 13.8 Å². The summed E-state index contributed by atoms with van der Waals surface area (Å²) in [5.41, 5.74) is 1.40. The van der Waals surface area contributed by atoms with Gasteiger partial charge in [0, 0.05) is 24.3 Å². The number of benzene rings is 2. The molecule has 0 saturated carbocycles. The predicted molar refractivity (Wildman–Crippen MR) is 104 cm³/mol. The Morgan fingerprint density at radius 1 is 0.615 bits per heavy atom. The summed E-state index contributed by atoms with van der Waals surface area (Å²) >= 11 is 0. The first kappa shape index (κ1) is 26.4. The molecule has 0 aromatic heterocycles. The topological polar surface area (TPSA) is 119 Å². The SMILES string of the molecule is CC(=[OH+])[CH+]C(=[OH+])c1ccccc1.CC(=[OH+])[CH+]C(=[OH+])c1ccccc1.[Nd+3].[OH3+]. The minimum Gasteiger partial charge on any atom is -0.457 e. The van der Waals surface area contributed by atoms with Gasteiger partial charge in [-0.2, -0.15) is 0 Å². The van der Waals surface area contributed by atoms with Gasteiger partial charge in [0.15, 0.2) is 0 Å². The van der Waals surface area contributed by atoms with Gasteiger partial charge in [-0.1, -0.05) is 12.1 Å². The average molecular weight is 490 g/mol. The van der Waals surface area contributed by atoms with Gasteiger partial charge >= 0.3 is 64.0 Å². The predicted octanol–water partition coefficient (Wildman–Crippen LogP) is 1.78. The van der Waals surface area contributed by atoms with Crippen LogP contribution in [0.4, 0.5) is 0 Å². The Balaban J connectivity index is 0. The molecule has 129 valence electrons. The second kappa shape index (κ2) is 14.4. The van der Waals surface area contributed by atoms with Crippen molar-refractivity contribution in [3.05, 3.63) is 84.6 Å². The fourth-order valence-electron chi connectivity index (χ4n) is 1.78. The number of hydrogen-bond acceptors (Lipinski definition) is 0. The van der Waals surface area contributed by atoms with E-state index >= 15 is 0 Å². The minimum atomic E-state index is 0. The Morgan fingerprint density at radius 3 is 1.12 bits per heavy atom. The first-order valence-electron chi connectivity index (χ1n) is 7.37. The van der Waals surface area contributed by atoms with Crippen LogP contribution >= 0.6 is 0 Å². The van der Waals surface area contributed by atoms with E-state index in [2.05, 4.69) is 0 Å². The molecule has 2 aromatic rings. The number of ketones is 4. The van der Waals surface area contributed by atoms with Crippen molar-refractivity contribution in [3.63, 3.8) is 0 Å². The zero-order valence-electron chi connectivity index (χ0n) is 14.8. The maximum atomic E-state index is 9.37. The molecule has 0 saturated heterocycles. The van der Waals surface area contributed by atoms with Gasteiger partial charge in [0.25, 0.3) is 12.8 Å². The molecule has 0 aliphatic rings. The first-order valence-corrected chi connectivity index (χ1v) is 7.37. The summed E-state index contributed by atoms with van der Waals surface area (Å²) in [5, 5.41) is 0. The van der Waals surface area contributed by atoms with Crippen LogP contribution in [0, 0.1) is 53.7 Å². The second-order valence-corrected chi connectivity index (χ2v) is 5.07. The van der Waals surface area contributed by atoms with Crippen molar-refractivity contribution >= 4 is 23.1 Å². The van der Waals surface area contributed by atoms with Crippen LogP contribution in [-0.2, 0) is 5.48 Å². The molecule has 2 rings (SSSR count). The minimum absolute atomic E-state index is 0. The van der Waals surface area contributed by atoms with Crippen molar-refractivity contribution in [1.82, 2.24) is 0 Å². The third-order valence-corrected chi connectivity index (χ3v) is 2.83. The summed E-state index contributed by atoms with van der Waals surface area (Å²) in [7, 11) is 0. The van der Waals surface area contributed by atoms with Crippen LogP contribution in [0.25, 0.3) is 0 Å². The van der Waals surface area contributed by atoms with Gasteiger partial charge in [0.05, 0.1) is 13.8 Å². The van der Waals surface area contributed by atoms with E-state index in [4.69, 9.17) is 9.59 Å². The average Bonchev–Trinajstić information content (AvgIpc) is 2.56. The Labute approximate surface area is 186 Å². The van der Waals surface area contributed by atoms with Crippen molar-refractivity contribution in [1.29, 1.82) is 0 Å². The van der Waals surface area contributed by atoms with Crippen molar-refractivity contribution in [3.8, 4) is 0 Å². The molecule has 7 N–H and O–H groups in total. The van der Waals surface area contributed by atoms with Crippen LogP contribution in [0.1, 0.15) is 25.0 Å². The van der Waals surface area contributed by atoms with Gasteiger partial charge in [-0.15, -0.1) is 0 Å². The second-order valence-electron chi connectivity index (χ2n) is 5.07. The molecular formula is C20H25NdO5+10. The summed E-state index contributed by atoms with van der Waals surface area (Å²) in [6.45, 7) is 3.03. The molecule has 0 aliphatic heterocycles. The summed E-state index contributed by atoms with van der Waals surface area (Å²) in [6.07, 6.45) is 2.63. The zero-order chi connectivity index (χ0) is 17.9. The van der Waals surface area contributed by atoms with Crippen LogP contribution in [0.5, 0.6) is 0 Å². The van der Waals surface area contributed by atoms with Crippen molar-refractivity contribution < 1.29 is 65.5 Å². The van der Waals surface area contributed by atoms with E-state index in [0.717, 1.165) is 0 Å². The molecule has 5 nitrogen and oxygen atoms in total. The smallest absolute Gasteiger partial charge is 0.457 e. The van der Waals surface area contributed by atoms with Gasteiger partial charge < -0.3 is 5.48 Å². The van der Waals surface area contributed by atoms with Crippen LogP contribution in [0.2, 0.25) is 0 Å². The number of rotatable bonds is 6. The molecule has 0 heterocycles. The molecule has 0 bridgehead atoms. The van der Waals surface area contributed by atoms with Crippen molar-refractivity contribution in [2.75, 3.05) is 0 Å². The maximum absolute atomic E-state index is 9.37. The molecular weight excluding hydrogens is 464 g/mol. The molecule has 26 heavy (non-hydrogen) atoms. The molecule has 0 aliphatic carbocycles. The molecule has 2 aromatic carbocycles. The van der Waals surface area contributed by atoms with Gasteiger partial charge in [0.2, 0.25) is 11.1 Å². The summed E-state index contributed by atoms with van der Waals surface area (Å²) in [4.78, 5) is 36.5. The molecule has 0 amide bonds. The van der Waals surface area contributed by atoms with Gasteiger partial charge in [0.1, 0.15) is 0 Å². The molecule has 0 atom stereocenters. The molecule has 6 heteroatoms. The zero-order valence-corrected chi connectivity index (χ0v) is 18.0. The Bertz CT molecular complexity index is 648. The fourth-order valence-corrected chi connectivity index (χ4v) is 1.78. The quantitative estimate of drug-likeness (QED) is 0.254. The summed E-state index contributed by atoms with van der Waals surface area (Å²) < 4.78 is 0. The largest absolute Gasteiger partial charge is 3.00 e. The van der Waals surface area contributed by atoms with E-state index in [1.807, 2.05) is 36.4 Å². The third kappa shape index (κ3) is 10.9. The van der Waals surface area contributed by atoms with Crippen LogP contribution in [0.3, 0.4) is 0 Å². The van der Waals surface area contributed by atoms with Gasteiger partial charge in [-0.3, -0.25) is 9.59 Å². The van der Waals surface area contributed by atoms with Crippen molar-refractivity contribution in [2.24, 2.45) is 0 Å². The monoisotopic (exact) mass is 487 g/mol. The standard InChI is InChI=1S/2C10H9O2.Nd.H2O/c2*1-8(11)7-10(12)9-5-3-2-4-6-9;;/h2*2-7H,1H3;;1H2/q2*+1;+3;/p+5. The Morgan fingerprint density at radius 2 is 0.885 bits per heavy atom. The van der Waals surface area contributed by atoms with Gasteiger partial charge in [-0.05, 0) is 24.3 Å². The van der Waals surface area contributed by atoms with Crippen LogP contribution in [-0.4, -0.2) is 42.3 Å². The van der Waals surface area contributed by atoms with E-state index in [9.17, 15) is 9.59 Å². The van der Waals surface area contributed by atoms with E-state index in [0.29, 0.717) is 11.1 Å². The van der Waals surface area contributed by atoms with E-state index in [1.54, 1.807) is 24.3 Å². The van der Waals surface area contributed by atoms with Crippen LogP contribution < -0.4 is 0 Å².